The molecule has 0 spiro atoms. The highest BCUT2D eigenvalue weighted by Crippen LogP contribution is 2.11. The Balaban J connectivity index is 2.20. The van der Waals surface area contributed by atoms with Gasteiger partial charge >= 0.3 is 5.97 Å². The molecule has 0 saturated heterocycles. The summed E-state index contributed by atoms with van der Waals surface area (Å²) in [5.74, 6) is -0.930. The van der Waals surface area contributed by atoms with Gasteiger partial charge in [-0.1, -0.05) is 31.2 Å². The number of nitrogens with zero attached hydrogens (tertiary/aromatic N) is 2. The molecule has 0 aliphatic carbocycles. The van der Waals surface area contributed by atoms with E-state index in [0.29, 0.717) is 12.2 Å². The van der Waals surface area contributed by atoms with Gasteiger partial charge in [0.2, 0.25) is 0 Å². The molecule has 2 aromatic rings. The Morgan fingerprint density at radius 3 is 2.39 bits per heavy atom. The van der Waals surface area contributed by atoms with E-state index in [1.54, 1.807) is 11.6 Å². The number of hydrogen-bond acceptors (Lipinski definition) is 2. The van der Waals surface area contributed by atoms with Gasteiger partial charge in [-0.05, 0) is 24.5 Å². The van der Waals surface area contributed by atoms with Gasteiger partial charge in [-0.3, -0.25) is 4.68 Å². The lowest BCUT2D eigenvalue weighted by Gasteiger charge is -2.06. The number of hydrogen-bond donors (Lipinski definition) is 1. The van der Waals surface area contributed by atoms with Gasteiger partial charge in [-0.25, -0.2) is 4.79 Å². The first-order chi connectivity index (χ1) is 8.61. The van der Waals surface area contributed by atoms with Crippen LogP contribution in [0.5, 0.6) is 0 Å². The van der Waals surface area contributed by atoms with Crippen LogP contribution in [-0.4, -0.2) is 20.9 Å². The third-order valence-electron chi connectivity index (χ3n) is 3.10. The average Bonchev–Trinajstić information content (AvgIpc) is 2.72. The van der Waals surface area contributed by atoms with Crippen LogP contribution in [0.4, 0.5) is 0 Å². The maximum atomic E-state index is 10.9. The van der Waals surface area contributed by atoms with E-state index in [1.165, 1.54) is 11.8 Å². The van der Waals surface area contributed by atoms with Crippen molar-refractivity contribution in [2.45, 2.75) is 26.8 Å². The molecule has 1 N–H and O–H groups in total. The number of carboxylic acid groups (broad SMARTS) is 1. The molecule has 94 valence electrons. The topological polar surface area (TPSA) is 55.1 Å². The van der Waals surface area contributed by atoms with E-state index < -0.39 is 5.97 Å². The van der Waals surface area contributed by atoms with Crippen LogP contribution in [0.25, 0.3) is 0 Å². The quantitative estimate of drug-likeness (QED) is 0.899. The van der Waals surface area contributed by atoms with Gasteiger partial charge < -0.3 is 5.11 Å². The zero-order chi connectivity index (χ0) is 13.1. The molecule has 0 unspecified atom stereocenters. The summed E-state index contributed by atoms with van der Waals surface area (Å²) in [5, 5.41) is 13.1. The van der Waals surface area contributed by atoms with Crippen molar-refractivity contribution in [2.75, 3.05) is 0 Å². The number of carboxylic acids is 1. The van der Waals surface area contributed by atoms with E-state index in [9.17, 15) is 4.79 Å². The lowest BCUT2D eigenvalue weighted by atomic mass is 10.1. The minimum Gasteiger partial charge on any atom is -0.478 e. The van der Waals surface area contributed by atoms with Crippen LogP contribution in [0, 0.1) is 6.92 Å². The van der Waals surface area contributed by atoms with Gasteiger partial charge in [0, 0.05) is 0 Å². The molecule has 1 aromatic heterocycles. The third-order valence-corrected chi connectivity index (χ3v) is 3.10. The molecule has 1 heterocycles. The number of aromatic nitrogens is 2. The van der Waals surface area contributed by atoms with Crippen molar-refractivity contribution in [3.8, 4) is 0 Å². The zero-order valence-electron chi connectivity index (χ0n) is 10.6. The van der Waals surface area contributed by atoms with Crippen LogP contribution < -0.4 is 0 Å². The van der Waals surface area contributed by atoms with Crippen molar-refractivity contribution < 1.29 is 9.90 Å². The molecule has 2 rings (SSSR count). The molecule has 4 nitrogen and oxygen atoms in total. The molecule has 0 atom stereocenters. The van der Waals surface area contributed by atoms with Gasteiger partial charge in [0.25, 0.3) is 0 Å². The van der Waals surface area contributed by atoms with Gasteiger partial charge in [-0.15, -0.1) is 0 Å². The van der Waals surface area contributed by atoms with E-state index in [1.807, 2.05) is 0 Å². The van der Waals surface area contributed by atoms with E-state index >= 15 is 0 Å². The van der Waals surface area contributed by atoms with Crippen LogP contribution in [0.3, 0.4) is 0 Å². The molecular weight excluding hydrogens is 228 g/mol. The predicted molar refractivity (Wildman–Crippen MR) is 68.8 cm³/mol. The summed E-state index contributed by atoms with van der Waals surface area (Å²) in [7, 11) is 0. The summed E-state index contributed by atoms with van der Waals surface area (Å²) in [5.41, 5.74) is 3.36. The fourth-order valence-corrected chi connectivity index (χ4v) is 1.87. The van der Waals surface area contributed by atoms with Crippen LogP contribution in [0.15, 0.2) is 30.5 Å². The lowest BCUT2D eigenvalue weighted by molar-refractivity contribution is 0.0696. The normalized spacial score (nSPS) is 10.6. The second-order valence-corrected chi connectivity index (χ2v) is 4.28. The summed E-state index contributed by atoms with van der Waals surface area (Å²) >= 11 is 0. The van der Waals surface area contributed by atoms with Crippen molar-refractivity contribution in [1.82, 2.24) is 9.78 Å². The highest BCUT2D eigenvalue weighted by atomic mass is 16.4. The van der Waals surface area contributed by atoms with Crippen molar-refractivity contribution in [3.05, 3.63) is 52.8 Å². The van der Waals surface area contributed by atoms with Gasteiger partial charge in [0.1, 0.15) is 5.56 Å². The minimum atomic E-state index is -0.930. The molecule has 0 aliphatic heterocycles. The SMILES string of the molecule is CCc1ccc(Cn2ncc(C(=O)O)c2C)cc1. The fourth-order valence-electron chi connectivity index (χ4n) is 1.87. The standard InChI is InChI=1S/C14H16N2O2/c1-3-11-4-6-12(7-5-11)9-16-10(2)13(8-15-16)14(17)18/h4-8H,3,9H2,1-2H3,(H,17,18). The van der Waals surface area contributed by atoms with Crippen molar-refractivity contribution in [1.29, 1.82) is 0 Å². The Bertz CT molecular complexity index is 556. The average molecular weight is 244 g/mol. The monoisotopic (exact) mass is 244 g/mol. The first kappa shape index (κ1) is 12.4. The maximum Gasteiger partial charge on any atom is 0.339 e. The smallest absolute Gasteiger partial charge is 0.339 e. The van der Waals surface area contributed by atoms with Crippen LogP contribution >= 0.6 is 0 Å². The summed E-state index contributed by atoms with van der Waals surface area (Å²) in [6.07, 6.45) is 2.42. The summed E-state index contributed by atoms with van der Waals surface area (Å²) in [6.45, 7) is 4.49. The molecule has 0 aliphatic rings. The molecule has 0 radical (unpaired) electrons. The number of rotatable bonds is 4. The predicted octanol–water partition coefficient (Wildman–Crippen LogP) is 2.50. The molecule has 0 fully saturated rings. The molecule has 0 saturated carbocycles. The van der Waals surface area contributed by atoms with Crippen LogP contribution in [0.2, 0.25) is 0 Å². The van der Waals surface area contributed by atoms with E-state index in [-0.39, 0.29) is 5.56 Å². The van der Waals surface area contributed by atoms with Crippen molar-refractivity contribution in [3.63, 3.8) is 0 Å². The summed E-state index contributed by atoms with van der Waals surface area (Å²) in [6, 6.07) is 8.29. The Kier molecular flexibility index (Phi) is 3.46. The molecule has 18 heavy (non-hydrogen) atoms. The maximum absolute atomic E-state index is 10.9. The van der Waals surface area contributed by atoms with Crippen LogP contribution in [0.1, 0.15) is 34.1 Å². The molecule has 0 amide bonds. The van der Waals surface area contributed by atoms with E-state index in [2.05, 4.69) is 36.3 Å². The van der Waals surface area contributed by atoms with E-state index in [4.69, 9.17) is 5.11 Å². The molecule has 0 bridgehead atoms. The molecular formula is C14H16N2O2. The molecule has 4 heteroatoms. The lowest BCUT2D eigenvalue weighted by Crippen LogP contribution is -2.05. The number of aryl methyl sites for hydroxylation is 1. The Hall–Kier alpha value is -2.10. The highest BCUT2D eigenvalue weighted by molar-refractivity contribution is 5.88. The fraction of sp³-hybridized carbons (Fsp3) is 0.286. The van der Waals surface area contributed by atoms with Crippen molar-refractivity contribution in [2.24, 2.45) is 0 Å². The first-order valence-corrected chi connectivity index (χ1v) is 5.95. The zero-order valence-corrected chi connectivity index (χ0v) is 10.6. The van der Waals surface area contributed by atoms with Gasteiger partial charge in [0.05, 0.1) is 18.4 Å². The minimum absolute atomic E-state index is 0.264. The number of benzene rings is 1. The Morgan fingerprint density at radius 1 is 1.28 bits per heavy atom. The van der Waals surface area contributed by atoms with E-state index in [0.717, 1.165) is 12.0 Å². The first-order valence-electron chi connectivity index (χ1n) is 5.95. The van der Waals surface area contributed by atoms with Gasteiger partial charge in [0.15, 0.2) is 0 Å². The highest BCUT2D eigenvalue weighted by Gasteiger charge is 2.12. The second kappa shape index (κ2) is 5.04. The summed E-state index contributed by atoms with van der Waals surface area (Å²) in [4.78, 5) is 10.9. The number of carbonyl (C=O) groups is 1. The second-order valence-electron chi connectivity index (χ2n) is 4.28. The van der Waals surface area contributed by atoms with Crippen molar-refractivity contribution >= 4 is 5.97 Å². The Labute approximate surface area is 106 Å². The third kappa shape index (κ3) is 2.42. The van der Waals surface area contributed by atoms with Crippen LogP contribution in [-0.2, 0) is 13.0 Å². The largest absolute Gasteiger partial charge is 0.478 e. The molecule has 1 aromatic carbocycles. The number of aromatic carboxylic acids is 1. The Morgan fingerprint density at radius 2 is 1.89 bits per heavy atom. The summed E-state index contributed by atoms with van der Waals surface area (Å²) < 4.78 is 1.71. The van der Waals surface area contributed by atoms with Gasteiger partial charge in [-0.2, -0.15) is 5.10 Å².